The zero-order valence-electron chi connectivity index (χ0n) is 10.0. The number of carbonyl (C=O) groups excluding carboxylic acids is 1. The predicted molar refractivity (Wildman–Crippen MR) is 72.8 cm³/mol. The van der Waals surface area contributed by atoms with Crippen molar-refractivity contribution < 1.29 is 9.53 Å². The van der Waals surface area contributed by atoms with Crippen LogP contribution < -0.4 is 4.74 Å². The fourth-order valence-corrected chi connectivity index (χ4v) is 1.56. The van der Waals surface area contributed by atoms with Crippen molar-refractivity contribution in [1.82, 2.24) is 0 Å². The molecule has 0 aliphatic carbocycles. The summed E-state index contributed by atoms with van der Waals surface area (Å²) in [5.41, 5.74) is 1.69. The van der Waals surface area contributed by atoms with Crippen molar-refractivity contribution in [3.8, 4) is 5.75 Å². The second-order valence-corrected chi connectivity index (χ2v) is 3.85. The Morgan fingerprint density at radius 2 is 1.72 bits per heavy atom. The van der Waals surface area contributed by atoms with Gasteiger partial charge in [0.15, 0.2) is 12.4 Å². The van der Waals surface area contributed by atoms with Gasteiger partial charge in [0.25, 0.3) is 0 Å². The van der Waals surface area contributed by atoms with Crippen molar-refractivity contribution in [2.75, 3.05) is 6.61 Å². The monoisotopic (exact) mass is 238 g/mol. The molecule has 0 saturated heterocycles. The molecule has 0 amide bonds. The van der Waals surface area contributed by atoms with Gasteiger partial charge in [0.05, 0.1) is 0 Å². The summed E-state index contributed by atoms with van der Waals surface area (Å²) >= 11 is 0. The fraction of sp³-hybridized carbons (Fsp3) is 0.0625. The van der Waals surface area contributed by atoms with Crippen LogP contribution in [-0.2, 0) is 0 Å². The minimum atomic E-state index is -0.0246. The van der Waals surface area contributed by atoms with Gasteiger partial charge >= 0.3 is 0 Å². The zero-order valence-corrected chi connectivity index (χ0v) is 10.0. The van der Waals surface area contributed by atoms with Gasteiger partial charge in [0, 0.05) is 5.56 Å². The minimum absolute atomic E-state index is 0.0246. The molecule has 2 aromatic rings. The first-order chi connectivity index (χ1) is 8.79. The topological polar surface area (TPSA) is 26.3 Å². The summed E-state index contributed by atoms with van der Waals surface area (Å²) in [5.74, 6) is 0.660. The molecule has 0 radical (unpaired) electrons. The minimum Gasteiger partial charge on any atom is -0.485 e. The van der Waals surface area contributed by atoms with Gasteiger partial charge in [0.1, 0.15) is 5.75 Å². The Morgan fingerprint density at radius 1 is 1.06 bits per heavy atom. The van der Waals surface area contributed by atoms with Gasteiger partial charge in [0.2, 0.25) is 0 Å². The number of rotatable bonds is 5. The summed E-state index contributed by atoms with van der Waals surface area (Å²) in [4.78, 5) is 11.8. The van der Waals surface area contributed by atoms with Crippen LogP contribution in [0.1, 0.15) is 15.9 Å². The summed E-state index contributed by atoms with van der Waals surface area (Å²) in [6.45, 7) is 3.73. The first-order valence-corrected chi connectivity index (χ1v) is 5.73. The van der Waals surface area contributed by atoms with Crippen molar-refractivity contribution >= 4 is 11.9 Å². The molecule has 0 unspecified atom stereocenters. The number of hydrogen-bond donors (Lipinski definition) is 0. The molecule has 2 aromatic carbocycles. The Bertz CT molecular complexity index is 527. The summed E-state index contributed by atoms with van der Waals surface area (Å²) in [5, 5.41) is 0. The van der Waals surface area contributed by atoms with E-state index in [-0.39, 0.29) is 12.4 Å². The molecule has 0 bridgehead atoms. The number of benzene rings is 2. The van der Waals surface area contributed by atoms with Gasteiger partial charge in [-0.3, -0.25) is 4.79 Å². The summed E-state index contributed by atoms with van der Waals surface area (Å²) < 4.78 is 5.44. The molecular formula is C16H14O2. The van der Waals surface area contributed by atoms with E-state index in [1.165, 1.54) is 0 Å². The van der Waals surface area contributed by atoms with Gasteiger partial charge in [-0.1, -0.05) is 55.1 Å². The van der Waals surface area contributed by atoms with E-state index in [1.54, 1.807) is 18.2 Å². The summed E-state index contributed by atoms with van der Waals surface area (Å²) in [6, 6.07) is 16.6. The van der Waals surface area contributed by atoms with Crippen LogP contribution in [0.5, 0.6) is 5.75 Å². The second kappa shape index (κ2) is 5.82. The molecule has 2 nitrogen and oxygen atoms in total. The number of ketones is 1. The second-order valence-electron chi connectivity index (χ2n) is 3.85. The van der Waals surface area contributed by atoms with Crippen LogP contribution in [-0.4, -0.2) is 12.4 Å². The quantitative estimate of drug-likeness (QED) is 0.744. The maximum absolute atomic E-state index is 11.8. The number of hydrogen-bond acceptors (Lipinski definition) is 2. The maximum Gasteiger partial charge on any atom is 0.200 e. The van der Waals surface area contributed by atoms with E-state index in [4.69, 9.17) is 4.74 Å². The molecule has 0 saturated carbocycles. The van der Waals surface area contributed by atoms with E-state index in [1.807, 2.05) is 42.5 Å². The molecule has 18 heavy (non-hydrogen) atoms. The van der Waals surface area contributed by atoms with E-state index in [0.29, 0.717) is 11.3 Å². The molecule has 0 aromatic heterocycles. The van der Waals surface area contributed by atoms with Crippen LogP contribution in [0.25, 0.3) is 6.08 Å². The van der Waals surface area contributed by atoms with Crippen LogP contribution in [0.2, 0.25) is 0 Å². The Labute approximate surface area is 107 Å². The smallest absolute Gasteiger partial charge is 0.200 e. The average Bonchev–Trinajstić information content (AvgIpc) is 2.46. The van der Waals surface area contributed by atoms with Crippen LogP contribution in [0.3, 0.4) is 0 Å². The van der Waals surface area contributed by atoms with Gasteiger partial charge in [-0.15, -0.1) is 0 Å². The van der Waals surface area contributed by atoms with Crippen molar-refractivity contribution in [1.29, 1.82) is 0 Å². The van der Waals surface area contributed by atoms with Crippen molar-refractivity contribution in [2.24, 2.45) is 0 Å². The molecule has 0 aliphatic rings. The Hall–Kier alpha value is -2.35. The number of ether oxygens (including phenoxy) is 1. The summed E-state index contributed by atoms with van der Waals surface area (Å²) in [7, 11) is 0. The third-order valence-corrected chi connectivity index (χ3v) is 2.58. The van der Waals surface area contributed by atoms with E-state index < -0.39 is 0 Å². The molecule has 0 spiro atoms. The molecule has 2 rings (SSSR count). The van der Waals surface area contributed by atoms with E-state index >= 15 is 0 Å². The molecule has 0 heterocycles. The zero-order chi connectivity index (χ0) is 12.8. The highest BCUT2D eigenvalue weighted by Crippen LogP contribution is 2.13. The first kappa shape index (κ1) is 12.1. The third kappa shape index (κ3) is 3.08. The Morgan fingerprint density at radius 3 is 2.33 bits per heavy atom. The number of carbonyl (C=O) groups is 1. The Balaban J connectivity index is 1.95. The standard InChI is InChI=1S/C16H14O2/c1-2-13-8-10-15(11-9-13)18-12-16(17)14-6-4-3-5-7-14/h2-11H,1,12H2. The lowest BCUT2D eigenvalue weighted by atomic mass is 10.1. The van der Waals surface area contributed by atoms with Crippen molar-refractivity contribution in [3.05, 3.63) is 72.3 Å². The van der Waals surface area contributed by atoms with Crippen LogP contribution in [0, 0.1) is 0 Å². The summed E-state index contributed by atoms with van der Waals surface area (Å²) in [6.07, 6.45) is 1.76. The van der Waals surface area contributed by atoms with Crippen molar-refractivity contribution in [2.45, 2.75) is 0 Å². The molecule has 90 valence electrons. The normalized spacial score (nSPS) is 9.78. The van der Waals surface area contributed by atoms with Crippen LogP contribution >= 0.6 is 0 Å². The van der Waals surface area contributed by atoms with Gasteiger partial charge in [-0.2, -0.15) is 0 Å². The SMILES string of the molecule is C=Cc1ccc(OCC(=O)c2ccccc2)cc1. The van der Waals surface area contributed by atoms with E-state index in [9.17, 15) is 4.79 Å². The Kier molecular flexibility index (Phi) is 3.92. The van der Waals surface area contributed by atoms with Gasteiger partial charge in [-0.05, 0) is 17.7 Å². The molecule has 0 fully saturated rings. The third-order valence-electron chi connectivity index (χ3n) is 2.58. The lowest BCUT2D eigenvalue weighted by Gasteiger charge is -2.05. The largest absolute Gasteiger partial charge is 0.485 e. The number of Topliss-reactive ketones (excluding diaryl/α,β-unsaturated/α-hetero) is 1. The molecule has 2 heteroatoms. The van der Waals surface area contributed by atoms with Crippen LogP contribution in [0.15, 0.2) is 61.2 Å². The fourth-order valence-electron chi connectivity index (χ4n) is 1.56. The van der Waals surface area contributed by atoms with E-state index in [0.717, 1.165) is 5.56 Å². The first-order valence-electron chi connectivity index (χ1n) is 5.73. The maximum atomic E-state index is 11.8. The van der Waals surface area contributed by atoms with E-state index in [2.05, 4.69) is 6.58 Å². The highest BCUT2D eigenvalue weighted by Gasteiger charge is 2.05. The van der Waals surface area contributed by atoms with Gasteiger partial charge in [-0.25, -0.2) is 0 Å². The highest BCUT2D eigenvalue weighted by atomic mass is 16.5. The molecular weight excluding hydrogens is 224 g/mol. The van der Waals surface area contributed by atoms with Gasteiger partial charge < -0.3 is 4.74 Å². The average molecular weight is 238 g/mol. The molecule has 0 N–H and O–H groups in total. The molecule has 0 atom stereocenters. The predicted octanol–water partition coefficient (Wildman–Crippen LogP) is 3.59. The lowest BCUT2D eigenvalue weighted by Crippen LogP contribution is -2.11. The molecule has 0 aliphatic heterocycles. The van der Waals surface area contributed by atoms with Crippen LogP contribution in [0.4, 0.5) is 0 Å². The lowest BCUT2D eigenvalue weighted by molar-refractivity contribution is 0.0921. The highest BCUT2D eigenvalue weighted by molar-refractivity contribution is 5.97. The van der Waals surface area contributed by atoms with Crippen molar-refractivity contribution in [3.63, 3.8) is 0 Å².